The van der Waals surface area contributed by atoms with E-state index in [0.717, 1.165) is 25.9 Å². The maximum absolute atomic E-state index is 12.7. The van der Waals surface area contributed by atoms with Crippen LogP contribution in [0, 0.1) is 23.7 Å². The molecular weight excluding hydrogens is 636 g/mol. The van der Waals surface area contributed by atoms with Crippen LogP contribution in [0.5, 0.6) is 0 Å². The lowest BCUT2D eigenvalue weighted by Gasteiger charge is -2.35. The second kappa shape index (κ2) is 17.7. The maximum Gasteiger partial charge on any atom is 0.341 e. The molecule has 4 fully saturated rings. The Kier molecular flexibility index (Phi) is 14.7. The number of ether oxygens (including phenoxy) is 2. The van der Waals surface area contributed by atoms with Crippen molar-refractivity contribution in [2.75, 3.05) is 52.5 Å². The van der Waals surface area contributed by atoms with Gasteiger partial charge >= 0.3 is 11.9 Å². The summed E-state index contributed by atoms with van der Waals surface area (Å²) in [7, 11) is 0. The van der Waals surface area contributed by atoms with Crippen molar-refractivity contribution >= 4 is 11.9 Å². The first kappa shape index (κ1) is 41.5. The molecule has 4 N–H and O–H groups in total. The monoisotopic (exact) mass is 711 g/mol. The molecule has 50 heavy (non-hydrogen) atoms. The molecule has 4 aliphatic heterocycles. The number of nitrogens with zero attached hydrogens (tertiary/aromatic N) is 2. The van der Waals surface area contributed by atoms with Crippen molar-refractivity contribution in [1.29, 1.82) is 0 Å². The SMILES string of the molecule is CC(C)[C@](O)(C(=O)OC[C@H]1C[C@H]2CCC[N+]2(CCCCCCCCCC[N+]23CCC[C@H]2C[C@@H](COC(=O)[C@](O)(C(C)C)[C@H](C)O)C3)C1)[C@@H](C)O. The average molecular weight is 711 g/mol. The van der Waals surface area contributed by atoms with Gasteiger partial charge < -0.3 is 38.9 Å². The topological polar surface area (TPSA) is 134 Å². The number of aliphatic hydroxyl groups excluding tert-OH is 2. The third-order valence-electron chi connectivity index (χ3n) is 13.8. The summed E-state index contributed by atoms with van der Waals surface area (Å²) in [6, 6.07) is 1.34. The van der Waals surface area contributed by atoms with Crippen LogP contribution in [-0.4, -0.2) is 129 Å². The summed E-state index contributed by atoms with van der Waals surface area (Å²) < 4.78 is 13.6. The Morgan fingerprint density at radius 1 is 0.620 bits per heavy atom. The zero-order valence-corrected chi connectivity index (χ0v) is 32.5. The predicted octanol–water partition coefficient (Wildman–Crippen LogP) is 4.73. The number of unbranched alkanes of at least 4 members (excludes halogenated alkanes) is 7. The molecule has 290 valence electrons. The Morgan fingerprint density at radius 3 is 1.28 bits per heavy atom. The van der Waals surface area contributed by atoms with Crippen molar-refractivity contribution in [3.63, 3.8) is 0 Å². The second-order valence-electron chi connectivity index (χ2n) is 17.8. The normalized spacial score (nSPS) is 32.8. The predicted molar refractivity (Wildman–Crippen MR) is 194 cm³/mol. The number of hydrogen-bond donors (Lipinski definition) is 4. The van der Waals surface area contributed by atoms with E-state index in [4.69, 9.17) is 9.47 Å². The second-order valence-corrected chi connectivity index (χ2v) is 17.8. The fourth-order valence-electron chi connectivity index (χ4n) is 10.6. The molecule has 0 aliphatic carbocycles. The minimum Gasteiger partial charge on any atom is -0.463 e. The van der Waals surface area contributed by atoms with Gasteiger partial charge in [0.2, 0.25) is 0 Å². The number of rotatable bonds is 21. The minimum absolute atomic E-state index is 0.326. The number of carbonyl (C=O) groups excluding carboxylic acids is 2. The molecule has 10 heteroatoms. The largest absolute Gasteiger partial charge is 0.463 e. The fraction of sp³-hybridized carbons (Fsp3) is 0.950. The zero-order chi connectivity index (χ0) is 36.7. The molecule has 0 aromatic rings. The molecule has 0 bridgehead atoms. The van der Waals surface area contributed by atoms with Gasteiger partial charge in [-0.15, -0.1) is 0 Å². The molecular formula is C40H74N2O8+2. The highest BCUT2D eigenvalue weighted by Gasteiger charge is 2.52. The van der Waals surface area contributed by atoms with Gasteiger partial charge in [0.1, 0.15) is 0 Å². The maximum atomic E-state index is 12.7. The molecule has 4 saturated heterocycles. The lowest BCUT2D eigenvalue weighted by atomic mass is 9.85. The Hall–Kier alpha value is -1.30. The highest BCUT2D eigenvalue weighted by atomic mass is 16.6. The molecule has 0 radical (unpaired) electrons. The number of aliphatic hydroxyl groups is 4. The highest BCUT2D eigenvalue weighted by molar-refractivity contribution is 5.81. The van der Waals surface area contributed by atoms with Gasteiger partial charge in [0.05, 0.1) is 76.8 Å². The summed E-state index contributed by atoms with van der Waals surface area (Å²) in [5.74, 6) is -1.58. The molecule has 4 rings (SSSR count). The fourth-order valence-corrected chi connectivity index (χ4v) is 10.6. The van der Waals surface area contributed by atoms with Crippen LogP contribution in [0.4, 0.5) is 0 Å². The van der Waals surface area contributed by atoms with Crippen LogP contribution >= 0.6 is 0 Å². The minimum atomic E-state index is -1.86. The molecule has 10 nitrogen and oxygen atoms in total. The van der Waals surface area contributed by atoms with Crippen LogP contribution in [0.1, 0.15) is 131 Å². The molecule has 4 heterocycles. The Bertz CT molecular complexity index is 997. The van der Waals surface area contributed by atoms with Crippen LogP contribution in [0.15, 0.2) is 0 Å². The van der Waals surface area contributed by atoms with E-state index in [0.29, 0.717) is 37.1 Å². The lowest BCUT2D eigenvalue weighted by Crippen LogP contribution is -2.53. The Morgan fingerprint density at radius 2 is 0.960 bits per heavy atom. The summed E-state index contributed by atoms with van der Waals surface area (Å²) in [6.45, 7) is 17.5. The highest BCUT2D eigenvalue weighted by Crippen LogP contribution is 2.41. The summed E-state index contributed by atoms with van der Waals surface area (Å²) in [5, 5.41) is 41.7. The lowest BCUT2D eigenvalue weighted by molar-refractivity contribution is -0.928. The van der Waals surface area contributed by atoms with Crippen molar-refractivity contribution in [3.05, 3.63) is 0 Å². The number of carbonyl (C=O) groups is 2. The zero-order valence-electron chi connectivity index (χ0n) is 32.5. The van der Waals surface area contributed by atoms with E-state index in [-0.39, 0.29) is 0 Å². The van der Waals surface area contributed by atoms with Gasteiger partial charge in [0.15, 0.2) is 11.2 Å². The van der Waals surface area contributed by atoms with Crippen molar-refractivity contribution in [2.24, 2.45) is 23.7 Å². The first-order valence-corrected chi connectivity index (χ1v) is 20.5. The van der Waals surface area contributed by atoms with Crippen LogP contribution in [0.25, 0.3) is 0 Å². The van der Waals surface area contributed by atoms with E-state index >= 15 is 0 Å². The van der Waals surface area contributed by atoms with E-state index in [2.05, 4.69) is 0 Å². The third-order valence-corrected chi connectivity index (χ3v) is 13.8. The van der Waals surface area contributed by atoms with E-state index in [1.807, 2.05) is 0 Å². The van der Waals surface area contributed by atoms with Gasteiger partial charge in [-0.05, 0) is 51.4 Å². The van der Waals surface area contributed by atoms with Gasteiger partial charge in [-0.2, -0.15) is 0 Å². The summed E-state index contributed by atoms with van der Waals surface area (Å²) in [4.78, 5) is 25.5. The summed E-state index contributed by atoms with van der Waals surface area (Å²) in [5.41, 5.74) is -3.72. The number of fused-ring (bicyclic) bond motifs is 2. The quantitative estimate of drug-likeness (QED) is 0.0764. The number of esters is 2. The molecule has 0 amide bonds. The molecule has 0 saturated carbocycles. The van der Waals surface area contributed by atoms with Gasteiger partial charge in [-0.3, -0.25) is 0 Å². The van der Waals surface area contributed by atoms with E-state index < -0.39 is 47.2 Å². The van der Waals surface area contributed by atoms with Crippen LogP contribution in [-0.2, 0) is 19.1 Å². The third kappa shape index (κ3) is 9.07. The Labute approximate surface area is 303 Å². The standard InChI is InChI=1S/C40H74N2O8/c1-29(2)39(47,31(5)43)37(45)49-27-33-23-35-17-15-21-41(35,25-33)19-13-11-9-7-8-10-12-14-20-42-22-16-18-36(42)24-34(26-42)28-50-38(46)40(48,30(3)4)32(6)44/h29-36,43-44,47-48H,7-28H2,1-6H3/q+2/t31-,32+,33+,34-,35-,36+,39-,40+,41?,42?. The molecule has 4 aliphatic rings. The van der Waals surface area contributed by atoms with E-state index in [1.54, 1.807) is 27.7 Å². The molecule has 0 aromatic carbocycles. The first-order chi connectivity index (χ1) is 23.6. The molecule has 2 unspecified atom stereocenters. The van der Waals surface area contributed by atoms with E-state index in [1.165, 1.54) is 126 Å². The Balaban J connectivity index is 1.08. The van der Waals surface area contributed by atoms with Gasteiger partial charge in [0, 0.05) is 50.4 Å². The average Bonchev–Trinajstić information content (AvgIpc) is 3.80. The van der Waals surface area contributed by atoms with Crippen LogP contribution < -0.4 is 0 Å². The summed E-state index contributed by atoms with van der Waals surface area (Å²) in [6.07, 6.45) is 15.2. The molecule has 0 spiro atoms. The van der Waals surface area contributed by atoms with Crippen molar-refractivity contribution in [3.8, 4) is 0 Å². The molecule has 10 atom stereocenters. The summed E-state index contributed by atoms with van der Waals surface area (Å²) >= 11 is 0. The smallest absolute Gasteiger partial charge is 0.341 e. The van der Waals surface area contributed by atoms with Crippen molar-refractivity contribution in [2.45, 2.75) is 167 Å². The van der Waals surface area contributed by atoms with Crippen molar-refractivity contribution < 1.29 is 48.5 Å². The van der Waals surface area contributed by atoms with Crippen LogP contribution in [0.2, 0.25) is 0 Å². The van der Waals surface area contributed by atoms with E-state index in [9.17, 15) is 30.0 Å². The van der Waals surface area contributed by atoms with Gasteiger partial charge in [0.25, 0.3) is 0 Å². The molecule has 0 aromatic heterocycles. The number of hydrogen-bond acceptors (Lipinski definition) is 8. The van der Waals surface area contributed by atoms with Gasteiger partial charge in [-0.25, -0.2) is 9.59 Å². The number of quaternary nitrogens is 2. The first-order valence-electron chi connectivity index (χ1n) is 20.5. The van der Waals surface area contributed by atoms with Crippen LogP contribution in [0.3, 0.4) is 0 Å². The van der Waals surface area contributed by atoms with Gasteiger partial charge in [-0.1, -0.05) is 53.4 Å². The van der Waals surface area contributed by atoms with Crippen molar-refractivity contribution in [1.82, 2.24) is 0 Å².